The number of ether oxygens (including phenoxy) is 1. The number of aryl methyl sites for hydroxylation is 1. The van der Waals surface area contributed by atoms with Crippen molar-refractivity contribution in [2.24, 2.45) is 0 Å². The second-order valence-electron chi connectivity index (χ2n) is 8.50. The smallest absolute Gasteiger partial charge is 0.232 e. The van der Waals surface area contributed by atoms with E-state index in [2.05, 4.69) is 5.32 Å². The summed E-state index contributed by atoms with van der Waals surface area (Å²) in [6.45, 7) is 6.22. The lowest BCUT2D eigenvalue weighted by Gasteiger charge is -2.37. The third kappa shape index (κ3) is 5.53. The van der Waals surface area contributed by atoms with Crippen molar-refractivity contribution in [3.8, 4) is 5.75 Å². The molecule has 0 aromatic heterocycles. The number of hydrogen-bond acceptors (Lipinski definition) is 4. The van der Waals surface area contributed by atoms with Crippen LogP contribution in [0.1, 0.15) is 50.3 Å². The maximum atomic E-state index is 12.6. The van der Waals surface area contributed by atoms with Crippen LogP contribution in [0.2, 0.25) is 0 Å². The maximum absolute atomic E-state index is 12.6. The van der Waals surface area contributed by atoms with Gasteiger partial charge in [0.25, 0.3) is 0 Å². The van der Waals surface area contributed by atoms with E-state index in [1.807, 2.05) is 57.2 Å². The highest BCUT2D eigenvalue weighted by atomic mass is 32.2. The predicted molar refractivity (Wildman–Crippen MR) is 119 cm³/mol. The van der Waals surface area contributed by atoms with E-state index in [9.17, 15) is 13.2 Å². The topological polar surface area (TPSA) is 75.7 Å². The van der Waals surface area contributed by atoms with E-state index in [-0.39, 0.29) is 30.5 Å². The lowest BCUT2D eigenvalue weighted by atomic mass is 9.89. The van der Waals surface area contributed by atoms with Gasteiger partial charge in [-0.3, -0.25) is 9.10 Å². The summed E-state index contributed by atoms with van der Waals surface area (Å²) in [6.07, 6.45) is 2.54. The van der Waals surface area contributed by atoms with E-state index in [1.54, 1.807) is 12.1 Å². The van der Waals surface area contributed by atoms with Crippen molar-refractivity contribution in [2.75, 3.05) is 17.1 Å². The van der Waals surface area contributed by atoms with Crippen LogP contribution in [-0.4, -0.2) is 32.7 Å². The molecule has 6 nitrogen and oxygen atoms in total. The molecule has 0 aliphatic carbocycles. The van der Waals surface area contributed by atoms with Gasteiger partial charge in [-0.15, -0.1) is 0 Å². The van der Waals surface area contributed by atoms with Gasteiger partial charge in [0.05, 0.1) is 18.0 Å². The lowest BCUT2D eigenvalue weighted by Crippen LogP contribution is -2.41. The number of benzene rings is 2. The molecular weight excluding hydrogens is 400 g/mol. The molecule has 30 heavy (non-hydrogen) atoms. The number of rotatable bonds is 7. The first-order valence-electron chi connectivity index (χ1n) is 10.2. The van der Waals surface area contributed by atoms with Crippen LogP contribution in [0.5, 0.6) is 5.75 Å². The fourth-order valence-corrected chi connectivity index (χ4v) is 4.74. The minimum atomic E-state index is -3.43. The van der Waals surface area contributed by atoms with Gasteiger partial charge in [0.1, 0.15) is 11.4 Å². The van der Waals surface area contributed by atoms with Crippen molar-refractivity contribution >= 4 is 21.6 Å². The number of nitrogens with zero attached hydrogens (tertiary/aromatic N) is 1. The van der Waals surface area contributed by atoms with E-state index in [0.29, 0.717) is 18.5 Å². The second kappa shape index (κ2) is 8.68. The number of nitrogens with one attached hydrogen (secondary N) is 1. The highest BCUT2D eigenvalue weighted by Gasteiger charge is 2.34. The summed E-state index contributed by atoms with van der Waals surface area (Å²) in [5.74, 6) is 0.700. The van der Waals surface area contributed by atoms with Crippen LogP contribution in [0.15, 0.2) is 48.5 Å². The Balaban J connectivity index is 1.62. The molecule has 2 aromatic carbocycles. The highest BCUT2D eigenvalue weighted by molar-refractivity contribution is 7.92. The van der Waals surface area contributed by atoms with Gasteiger partial charge in [0, 0.05) is 24.9 Å². The number of amides is 1. The molecule has 162 valence electrons. The summed E-state index contributed by atoms with van der Waals surface area (Å²) in [5.41, 5.74) is 2.28. The normalized spacial score (nSPS) is 17.5. The van der Waals surface area contributed by atoms with Crippen molar-refractivity contribution in [1.82, 2.24) is 5.32 Å². The standard InChI is InChI=1S/C23H30N2O4S/c1-17-11-13-18(14-12-17)25(30(4,27)28)15-7-10-22(26)24-20-16-23(2,3)29-21-9-6-5-8-19(20)21/h5-6,8-9,11-14,20H,7,10,15-16H2,1-4H3,(H,24,26). The molecule has 1 aliphatic heterocycles. The van der Waals surface area contributed by atoms with Crippen LogP contribution >= 0.6 is 0 Å². The zero-order valence-electron chi connectivity index (χ0n) is 18.0. The number of fused-ring (bicyclic) bond motifs is 1. The first kappa shape index (κ1) is 22.2. The van der Waals surface area contributed by atoms with E-state index in [4.69, 9.17) is 4.74 Å². The van der Waals surface area contributed by atoms with Gasteiger partial charge in [0.2, 0.25) is 15.9 Å². The first-order chi connectivity index (χ1) is 14.0. The molecular formula is C23H30N2O4S. The van der Waals surface area contributed by atoms with Crippen LogP contribution in [0, 0.1) is 6.92 Å². The summed E-state index contributed by atoms with van der Waals surface area (Å²) < 4.78 is 31.8. The maximum Gasteiger partial charge on any atom is 0.232 e. The van der Waals surface area contributed by atoms with Gasteiger partial charge in [-0.05, 0) is 45.4 Å². The Bertz CT molecular complexity index is 1000. The Kier molecular flexibility index (Phi) is 6.41. The molecule has 0 saturated heterocycles. The lowest BCUT2D eigenvalue weighted by molar-refractivity contribution is -0.122. The van der Waals surface area contributed by atoms with Crippen molar-refractivity contribution in [2.45, 2.75) is 51.7 Å². The molecule has 1 amide bonds. The Labute approximate surface area is 179 Å². The Morgan fingerprint density at radius 3 is 2.50 bits per heavy atom. The summed E-state index contributed by atoms with van der Waals surface area (Å²) in [4.78, 5) is 12.6. The molecule has 1 atom stereocenters. The zero-order valence-corrected chi connectivity index (χ0v) is 18.8. The molecule has 0 spiro atoms. The van der Waals surface area contributed by atoms with Crippen LogP contribution in [-0.2, 0) is 14.8 Å². The molecule has 1 heterocycles. The molecule has 7 heteroatoms. The minimum absolute atomic E-state index is 0.0927. The number of carbonyl (C=O) groups is 1. The summed E-state index contributed by atoms with van der Waals surface area (Å²) >= 11 is 0. The molecule has 0 radical (unpaired) electrons. The summed E-state index contributed by atoms with van der Waals surface area (Å²) in [7, 11) is -3.43. The molecule has 0 bridgehead atoms. The number of anilines is 1. The monoisotopic (exact) mass is 430 g/mol. The van der Waals surface area contributed by atoms with Crippen molar-refractivity contribution < 1.29 is 17.9 Å². The van der Waals surface area contributed by atoms with Crippen LogP contribution < -0.4 is 14.4 Å². The van der Waals surface area contributed by atoms with E-state index < -0.39 is 10.0 Å². The number of carbonyl (C=O) groups excluding carboxylic acids is 1. The molecule has 2 aromatic rings. The predicted octanol–water partition coefficient (Wildman–Crippen LogP) is 3.96. The van der Waals surface area contributed by atoms with Crippen LogP contribution in [0.4, 0.5) is 5.69 Å². The van der Waals surface area contributed by atoms with Crippen molar-refractivity contribution in [1.29, 1.82) is 0 Å². The fraction of sp³-hybridized carbons (Fsp3) is 0.435. The van der Waals surface area contributed by atoms with Crippen LogP contribution in [0.3, 0.4) is 0 Å². The average molecular weight is 431 g/mol. The van der Waals surface area contributed by atoms with Gasteiger partial charge in [0.15, 0.2) is 0 Å². The Morgan fingerprint density at radius 2 is 1.83 bits per heavy atom. The third-order valence-corrected chi connectivity index (χ3v) is 6.39. The van der Waals surface area contributed by atoms with E-state index in [1.165, 1.54) is 10.6 Å². The molecule has 3 rings (SSSR count). The molecule has 0 saturated carbocycles. The fourth-order valence-electron chi connectivity index (χ4n) is 3.78. The number of sulfonamides is 1. The van der Waals surface area contributed by atoms with Gasteiger partial charge < -0.3 is 10.1 Å². The Hall–Kier alpha value is -2.54. The molecule has 1 N–H and O–H groups in total. The minimum Gasteiger partial charge on any atom is -0.487 e. The van der Waals surface area contributed by atoms with Crippen molar-refractivity contribution in [3.05, 3.63) is 59.7 Å². The van der Waals surface area contributed by atoms with E-state index >= 15 is 0 Å². The van der Waals surface area contributed by atoms with Gasteiger partial charge in [-0.1, -0.05) is 35.9 Å². The average Bonchev–Trinajstić information content (AvgIpc) is 2.64. The van der Waals surface area contributed by atoms with E-state index in [0.717, 1.165) is 16.9 Å². The highest BCUT2D eigenvalue weighted by Crippen LogP contribution is 2.39. The Morgan fingerprint density at radius 1 is 1.17 bits per heavy atom. The molecule has 1 aliphatic rings. The summed E-state index contributed by atoms with van der Waals surface area (Å²) in [5, 5.41) is 3.10. The third-order valence-electron chi connectivity index (χ3n) is 5.20. The number of para-hydroxylation sites is 1. The first-order valence-corrected chi connectivity index (χ1v) is 12.0. The molecule has 1 unspecified atom stereocenters. The van der Waals surface area contributed by atoms with Gasteiger partial charge in [-0.2, -0.15) is 0 Å². The van der Waals surface area contributed by atoms with Gasteiger partial charge in [-0.25, -0.2) is 8.42 Å². The quantitative estimate of drug-likeness (QED) is 0.721. The van der Waals surface area contributed by atoms with Crippen LogP contribution in [0.25, 0.3) is 0 Å². The number of hydrogen-bond donors (Lipinski definition) is 1. The molecule has 0 fully saturated rings. The van der Waals surface area contributed by atoms with Gasteiger partial charge >= 0.3 is 0 Å². The SMILES string of the molecule is Cc1ccc(N(CCCC(=O)NC2CC(C)(C)Oc3ccccc32)S(C)(=O)=O)cc1. The largest absolute Gasteiger partial charge is 0.487 e. The second-order valence-corrected chi connectivity index (χ2v) is 10.4. The van der Waals surface area contributed by atoms with Crippen molar-refractivity contribution in [3.63, 3.8) is 0 Å². The summed E-state index contributed by atoms with van der Waals surface area (Å²) in [6, 6.07) is 15.0. The zero-order chi connectivity index (χ0) is 21.9.